The fourth-order valence-electron chi connectivity index (χ4n) is 0.817. The molecule has 3 radical (unpaired) electrons. The van der Waals surface area contributed by atoms with Crippen molar-refractivity contribution in [1.82, 2.24) is 0 Å². The van der Waals surface area contributed by atoms with E-state index in [-0.39, 0.29) is 0 Å². The lowest BCUT2D eigenvalue weighted by atomic mass is 10.3. The summed E-state index contributed by atoms with van der Waals surface area (Å²) in [4.78, 5) is 0. The Morgan fingerprint density at radius 2 is 2.08 bits per heavy atom. The molecule has 0 aliphatic carbocycles. The molecule has 0 saturated heterocycles. The van der Waals surface area contributed by atoms with Gasteiger partial charge in [0.15, 0.2) is 0 Å². The number of halogens is 2. The molecular weight excluding hydrogens is 211 g/mol. The summed E-state index contributed by atoms with van der Waals surface area (Å²) >= 11 is 11.7. The van der Waals surface area contributed by atoms with Gasteiger partial charge in [-0.2, -0.15) is 0 Å². The molecule has 0 aromatic heterocycles. The number of hydrogen-bond acceptors (Lipinski definition) is 1. The predicted octanol–water partition coefficient (Wildman–Crippen LogP) is 2.19. The quantitative estimate of drug-likeness (QED) is 0.691. The predicted molar refractivity (Wildman–Crippen MR) is 53.0 cm³/mol. The van der Waals surface area contributed by atoms with Gasteiger partial charge in [0.2, 0.25) is 0 Å². The molecule has 0 spiro atoms. The zero-order valence-corrected chi connectivity index (χ0v) is 9.04. The molecule has 0 atom stereocenters. The Hall–Kier alpha value is -0.183. The van der Waals surface area contributed by atoms with Crippen molar-refractivity contribution in [1.29, 1.82) is 0 Å². The van der Waals surface area contributed by atoms with E-state index in [9.17, 15) is 0 Å². The molecule has 0 N–H and O–H groups in total. The summed E-state index contributed by atoms with van der Waals surface area (Å²) in [6.07, 6.45) is 0. The number of benzene rings is 1. The van der Waals surface area contributed by atoms with E-state index in [1.54, 1.807) is 12.1 Å². The van der Waals surface area contributed by atoms with Crippen LogP contribution in [0.15, 0.2) is 12.1 Å². The fourth-order valence-corrected chi connectivity index (χ4v) is 1.55. The van der Waals surface area contributed by atoms with E-state index in [4.69, 9.17) is 27.9 Å². The number of ether oxygens (including phenoxy) is 1. The molecule has 0 saturated carbocycles. The van der Waals surface area contributed by atoms with Crippen LogP contribution in [-0.2, 0) is 0 Å². The first-order valence-electron chi connectivity index (χ1n) is 3.49. The Labute approximate surface area is 85.1 Å². The van der Waals surface area contributed by atoms with Crippen LogP contribution in [0.5, 0.6) is 5.75 Å². The minimum absolute atomic E-state index is 0.450. The molecule has 12 heavy (non-hydrogen) atoms. The maximum Gasteiger partial charge on any atom is 0.137 e. The van der Waals surface area contributed by atoms with E-state index in [0.29, 0.717) is 22.4 Å². The second-order valence-corrected chi connectivity index (χ2v) is 3.49. The Morgan fingerprint density at radius 3 is 2.67 bits per heavy atom. The standard InChI is InChI=1S/C8H7Cl2OSi/c1-2-11-8-6(12)4-3-5(9)7(8)10/h3-4H,2H2,1H3. The van der Waals surface area contributed by atoms with Gasteiger partial charge in [-0.3, -0.25) is 0 Å². The fraction of sp³-hybridized carbons (Fsp3) is 0.250. The van der Waals surface area contributed by atoms with Crippen LogP contribution in [0.4, 0.5) is 0 Å². The average molecular weight is 218 g/mol. The molecule has 1 aromatic carbocycles. The van der Waals surface area contributed by atoms with E-state index < -0.39 is 0 Å². The first-order chi connectivity index (χ1) is 5.66. The van der Waals surface area contributed by atoms with Crippen molar-refractivity contribution in [3.63, 3.8) is 0 Å². The Balaban J connectivity index is 3.14. The third kappa shape index (κ3) is 1.94. The SMILES string of the molecule is CCOc1c([Si])ccc(Cl)c1Cl. The van der Waals surface area contributed by atoms with E-state index in [0.717, 1.165) is 5.19 Å². The highest BCUT2D eigenvalue weighted by Gasteiger charge is 2.07. The Bertz CT molecular complexity index is 289. The highest BCUT2D eigenvalue weighted by Crippen LogP contribution is 2.29. The maximum atomic E-state index is 5.89. The van der Waals surface area contributed by atoms with Gasteiger partial charge in [-0.25, -0.2) is 0 Å². The summed E-state index contributed by atoms with van der Waals surface area (Å²) in [6, 6.07) is 3.52. The van der Waals surface area contributed by atoms with Gasteiger partial charge in [0.05, 0.1) is 21.9 Å². The van der Waals surface area contributed by atoms with Crippen LogP contribution in [0.2, 0.25) is 10.0 Å². The van der Waals surface area contributed by atoms with Gasteiger partial charge in [0.1, 0.15) is 10.8 Å². The van der Waals surface area contributed by atoms with Gasteiger partial charge in [-0.05, 0) is 18.2 Å². The second kappa shape index (κ2) is 4.17. The molecule has 1 nitrogen and oxygen atoms in total. The average Bonchev–Trinajstić information content (AvgIpc) is 2.06. The van der Waals surface area contributed by atoms with Gasteiger partial charge >= 0.3 is 0 Å². The highest BCUT2D eigenvalue weighted by atomic mass is 35.5. The van der Waals surface area contributed by atoms with Crippen molar-refractivity contribution in [2.24, 2.45) is 0 Å². The van der Waals surface area contributed by atoms with Crippen LogP contribution in [0.1, 0.15) is 6.92 Å². The number of hydrogen-bond donors (Lipinski definition) is 0. The van der Waals surface area contributed by atoms with E-state index in [2.05, 4.69) is 10.2 Å². The largest absolute Gasteiger partial charge is 0.492 e. The zero-order chi connectivity index (χ0) is 9.14. The monoisotopic (exact) mass is 217 g/mol. The second-order valence-electron chi connectivity index (χ2n) is 2.17. The van der Waals surface area contributed by atoms with Crippen LogP contribution in [0.3, 0.4) is 0 Å². The van der Waals surface area contributed by atoms with Gasteiger partial charge in [0, 0.05) is 0 Å². The first kappa shape index (κ1) is 9.90. The van der Waals surface area contributed by atoms with Crippen molar-refractivity contribution in [3.8, 4) is 5.75 Å². The molecule has 0 aliphatic heterocycles. The van der Waals surface area contributed by atoms with Crippen LogP contribution >= 0.6 is 23.2 Å². The van der Waals surface area contributed by atoms with E-state index in [1.807, 2.05) is 6.92 Å². The summed E-state index contributed by atoms with van der Waals surface area (Å²) in [5.74, 6) is 0.600. The first-order valence-corrected chi connectivity index (χ1v) is 4.74. The Kier molecular flexibility index (Phi) is 3.44. The van der Waals surface area contributed by atoms with Crippen molar-refractivity contribution >= 4 is 38.6 Å². The number of rotatable bonds is 2. The lowest BCUT2D eigenvalue weighted by Crippen LogP contribution is -2.09. The summed E-state index contributed by atoms with van der Waals surface area (Å²) < 4.78 is 5.28. The van der Waals surface area contributed by atoms with Crippen molar-refractivity contribution < 1.29 is 4.74 Å². The summed E-state index contributed by atoms with van der Waals surface area (Å²) in [7, 11) is 3.37. The van der Waals surface area contributed by atoms with Crippen LogP contribution in [0, 0.1) is 0 Å². The molecule has 0 aliphatic rings. The van der Waals surface area contributed by atoms with Crippen molar-refractivity contribution in [2.75, 3.05) is 6.61 Å². The summed E-state index contributed by atoms with van der Waals surface area (Å²) in [6.45, 7) is 2.46. The Morgan fingerprint density at radius 1 is 1.42 bits per heavy atom. The van der Waals surface area contributed by atoms with Gasteiger partial charge in [-0.1, -0.05) is 29.3 Å². The minimum Gasteiger partial charge on any atom is -0.492 e. The van der Waals surface area contributed by atoms with Crippen LogP contribution in [0.25, 0.3) is 0 Å². The zero-order valence-electron chi connectivity index (χ0n) is 6.53. The smallest absolute Gasteiger partial charge is 0.137 e. The molecular formula is C8H7Cl2OSi. The van der Waals surface area contributed by atoms with Gasteiger partial charge in [-0.15, -0.1) is 0 Å². The van der Waals surface area contributed by atoms with E-state index in [1.165, 1.54) is 0 Å². The molecule has 1 aromatic rings. The molecule has 0 fully saturated rings. The molecule has 0 amide bonds. The van der Waals surface area contributed by atoms with Crippen molar-refractivity contribution in [3.05, 3.63) is 22.2 Å². The van der Waals surface area contributed by atoms with Gasteiger partial charge < -0.3 is 4.74 Å². The lowest BCUT2D eigenvalue weighted by molar-refractivity contribution is 0.343. The molecule has 63 valence electrons. The molecule has 0 bridgehead atoms. The molecule has 1 rings (SSSR count). The highest BCUT2D eigenvalue weighted by molar-refractivity contribution is 6.45. The normalized spacial score (nSPS) is 10.0. The molecule has 4 heteroatoms. The molecule has 0 heterocycles. The minimum atomic E-state index is 0.450. The molecule has 0 unspecified atom stereocenters. The topological polar surface area (TPSA) is 9.23 Å². The third-order valence-corrected chi connectivity index (χ3v) is 2.52. The summed E-state index contributed by atoms with van der Waals surface area (Å²) in [5, 5.41) is 1.76. The van der Waals surface area contributed by atoms with Gasteiger partial charge in [0.25, 0.3) is 0 Å². The van der Waals surface area contributed by atoms with E-state index >= 15 is 0 Å². The third-order valence-electron chi connectivity index (χ3n) is 1.34. The lowest BCUT2D eigenvalue weighted by Gasteiger charge is -2.09. The summed E-state index contributed by atoms with van der Waals surface area (Å²) in [5.41, 5.74) is 0. The van der Waals surface area contributed by atoms with Crippen molar-refractivity contribution in [2.45, 2.75) is 6.92 Å². The maximum absolute atomic E-state index is 5.89. The van der Waals surface area contributed by atoms with Crippen LogP contribution in [-0.4, -0.2) is 16.8 Å². The van der Waals surface area contributed by atoms with Crippen LogP contribution < -0.4 is 9.92 Å².